The fourth-order valence-corrected chi connectivity index (χ4v) is 4.08. The van der Waals surface area contributed by atoms with E-state index >= 15 is 0 Å². The minimum Gasteiger partial charge on any atom is -0.497 e. The third-order valence-electron chi connectivity index (χ3n) is 4.12. The predicted molar refractivity (Wildman–Crippen MR) is 128 cm³/mol. The van der Waals surface area contributed by atoms with Gasteiger partial charge in [0.2, 0.25) is 0 Å². The van der Waals surface area contributed by atoms with E-state index in [1.54, 1.807) is 25.3 Å². The number of amides is 1. The maximum absolute atomic E-state index is 11.9. The predicted octanol–water partition coefficient (Wildman–Crippen LogP) is 5.08. The summed E-state index contributed by atoms with van der Waals surface area (Å²) < 4.78 is 22.9. The van der Waals surface area contributed by atoms with Crippen LogP contribution in [0.3, 0.4) is 0 Å². The molecule has 1 aliphatic rings. The lowest BCUT2D eigenvalue weighted by atomic mass is 10.2. The van der Waals surface area contributed by atoms with Gasteiger partial charge in [-0.05, 0) is 42.8 Å². The smallest absolute Gasteiger partial charge is 0.263 e. The van der Waals surface area contributed by atoms with Crippen molar-refractivity contribution in [1.29, 1.82) is 0 Å². The van der Waals surface area contributed by atoms with Crippen molar-refractivity contribution in [3.05, 3.63) is 51.9 Å². The highest BCUT2D eigenvalue weighted by Gasteiger charge is 2.22. The van der Waals surface area contributed by atoms with Gasteiger partial charge in [-0.25, -0.2) is 0 Å². The fourth-order valence-electron chi connectivity index (χ4n) is 2.76. The van der Waals surface area contributed by atoms with Crippen LogP contribution in [0.5, 0.6) is 23.0 Å². The molecule has 31 heavy (non-hydrogen) atoms. The summed E-state index contributed by atoms with van der Waals surface area (Å²) in [5.74, 6) is 2.23. The van der Waals surface area contributed by atoms with E-state index in [9.17, 15) is 4.79 Å². The lowest BCUT2D eigenvalue weighted by Crippen LogP contribution is -2.17. The monoisotopic (exact) mass is 479 g/mol. The molecule has 0 bridgehead atoms. The summed E-state index contributed by atoms with van der Waals surface area (Å²) in [5, 5.41) is 2.99. The van der Waals surface area contributed by atoms with E-state index in [0.717, 1.165) is 17.1 Å². The number of carbonyl (C=O) groups excluding carboxylic acids is 1. The number of thiocarbonyl (C=S) groups is 1. The van der Waals surface area contributed by atoms with Crippen LogP contribution in [0.15, 0.2) is 41.3 Å². The zero-order chi connectivity index (χ0) is 22.2. The molecule has 9 heteroatoms. The standard InChI is InChI=1S/C22H22ClNO5S2/c1-3-27-18-11-14(12-19-21(25)24-22(30)31-19)10-17(23)20(18)29-9-5-8-28-16-7-4-6-15(13-16)26-2/h4,6-7,10-13H,3,5,8-9H2,1-2H3,(H,24,25,30). The molecule has 2 aromatic rings. The SMILES string of the molecule is CCOc1cc(C=C2SC(=S)NC2=O)cc(Cl)c1OCCCOc1cccc(OC)c1. The van der Waals surface area contributed by atoms with Gasteiger partial charge in [-0.1, -0.05) is 41.6 Å². The molecule has 0 unspecified atom stereocenters. The first kappa shape index (κ1) is 23.2. The summed E-state index contributed by atoms with van der Waals surface area (Å²) in [7, 11) is 1.62. The van der Waals surface area contributed by atoms with Crippen LogP contribution >= 0.6 is 35.6 Å². The summed E-state index contributed by atoms with van der Waals surface area (Å²) in [6, 6.07) is 11.0. The molecular weight excluding hydrogens is 458 g/mol. The maximum atomic E-state index is 11.9. The van der Waals surface area contributed by atoms with Crippen molar-refractivity contribution < 1.29 is 23.7 Å². The van der Waals surface area contributed by atoms with E-state index in [1.807, 2.05) is 31.2 Å². The Balaban J connectivity index is 1.61. The summed E-state index contributed by atoms with van der Waals surface area (Å²) in [4.78, 5) is 12.4. The van der Waals surface area contributed by atoms with Crippen molar-refractivity contribution in [3.63, 3.8) is 0 Å². The van der Waals surface area contributed by atoms with Crippen molar-refractivity contribution >= 4 is 51.9 Å². The zero-order valence-corrected chi connectivity index (χ0v) is 19.5. The van der Waals surface area contributed by atoms with Crippen LogP contribution in [0.1, 0.15) is 18.9 Å². The highest BCUT2D eigenvalue weighted by atomic mass is 35.5. The molecule has 1 fully saturated rings. The number of rotatable bonds is 10. The van der Waals surface area contributed by atoms with E-state index in [0.29, 0.717) is 52.0 Å². The fraction of sp³-hybridized carbons (Fsp3) is 0.273. The summed E-state index contributed by atoms with van der Waals surface area (Å²) in [5.41, 5.74) is 0.726. The molecular formula is C22H22ClNO5S2. The van der Waals surface area contributed by atoms with Crippen LogP contribution in [0, 0.1) is 0 Å². The van der Waals surface area contributed by atoms with Crippen molar-refractivity contribution in [1.82, 2.24) is 5.32 Å². The highest BCUT2D eigenvalue weighted by Crippen LogP contribution is 2.38. The van der Waals surface area contributed by atoms with Gasteiger partial charge in [0, 0.05) is 12.5 Å². The van der Waals surface area contributed by atoms with Gasteiger partial charge < -0.3 is 24.3 Å². The Bertz CT molecular complexity index is 996. The summed E-state index contributed by atoms with van der Waals surface area (Å²) in [6.07, 6.45) is 2.37. The second-order valence-corrected chi connectivity index (χ2v) is 8.47. The molecule has 0 spiro atoms. The molecule has 2 aromatic carbocycles. The van der Waals surface area contributed by atoms with Gasteiger partial charge in [0.05, 0.1) is 36.9 Å². The summed E-state index contributed by atoms with van der Waals surface area (Å²) in [6.45, 7) is 3.20. The van der Waals surface area contributed by atoms with Gasteiger partial charge in [-0.15, -0.1) is 0 Å². The van der Waals surface area contributed by atoms with Crippen LogP contribution in [0.25, 0.3) is 6.08 Å². The van der Waals surface area contributed by atoms with E-state index in [1.165, 1.54) is 11.8 Å². The van der Waals surface area contributed by atoms with Gasteiger partial charge in [0.15, 0.2) is 11.5 Å². The van der Waals surface area contributed by atoms with Crippen LogP contribution in [0.2, 0.25) is 5.02 Å². The first-order valence-corrected chi connectivity index (χ1v) is 11.2. The van der Waals surface area contributed by atoms with E-state index in [2.05, 4.69) is 5.32 Å². The molecule has 1 aliphatic heterocycles. The lowest BCUT2D eigenvalue weighted by molar-refractivity contribution is -0.115. The molecule has 0 aromatic heterocycles. The molecule has 0 saturated carbocycles. The normalized spacial score (nSPS) is 14.5. The van der Waals surface area contributed by atoms with Gasteiger partial charge >= 0.3 is 0 Å². The number of hydrogen-bond acceptors (Lipinski definition) is 7. The topological polar surface area (TPSA) is 66.0 Å². The molecule has 0 radical (unpaired) electrons. The minimum absolute atomic E-state index is 0.222. The Hall–Kier alpha value is -2.42. The number of ether oxygens (including phenoxy) is 4. The number of halogens is 1. The van der Waals surface area contributed by atoms with Gasteiger partial charge in [0.1, 0.15) is 15.8 Å². The molecule has 0 aliphatic carbocycles. The first-order valence-electron chi connectivity index (χ1n) is 9.61. The third-order valence-corrected chi connectivity index (χ3v) is 5.56. The third kappa shape index (κ3) is 6.53. The van der Waals surface area contributed by atoms with E-state index in [-0.39, 0.29) is 5.91 Å². The molecule has 1 saturated heterocycles. The van der Waals surface area contributed by atoms with Crippen LogP contribution in [-0.2, 0) is 4.79 Å². The van der Waals surface area contributed by atoms with E-state index in [4.69, 9.17) is 42.8 Å². The largest absolute Gasteiger partial charge is 0.497 e. The second-order valence-electron chi connectivity index (χ2n) is 6.34. The number of benzene rings is 2. The summed E-state index contributed by atoms with van der Waals surface area (Å²) >= 11 is 12.7. The van der Waals surface area contributed by atoms with Crippen molar-refractivity contribution in [2.24, 2.45) is 0 Å². The van der Waals surface area contributed by atoms with Crippen LogP contribution < -0.4 is 24.3 Å². The second kappa shape index (κ2) is 11.3. The molecule has 1 N–H and O–H groups in total. The Morgan fingerprint density at radius 3 is 2.61 bits per heavy atom. The van der Waals surface area contributed by atoms with Gasteiger partial charge in [-0.3, -0.25) is 4.79 Å². The van der Waals surface area contributed by atoms with Crippen molar-refractivity contribution in [2.45, 2.75) is 13.3 Å². The Labute approximate surface area is 195 Å². The number of hydrogen-bond donors (Lipinski definition) is 1. The zero-order valence-electron chi connectivity index (χ0n) is 17.1. The molecule has 164 valence electrons. The molecule has 0 atom stereocenters. The number of nitrogens with one attached hydrogen (secondary N) is 1. The number of thioether (sulfide) groups is 1. The Kier molecular flexibility index (Phi) is 8.45. The van der Waals surface area contributed by atoms with Crippen molar-refractivity contribution in [3.8, 4) is 23.0 Å². The molecule has 1 heterocycles. The Morgan fingerprint density at radius 2 is 1.90 bits per heavy atom. The number of methoxy groups -OCH3 is 1. The Morgan fingerprint density at radius 1 is 1.13 bits per heavy atom. The molecule has 6 nitrogen and oxygen atoms in total. The average Bonchev–Trinajstić information content (AvgIpc) is 3.06. The maximum Gasteiger partial charge on any atom is 0.263 e. The van der Waals surface area contributed by atoms with E-state index < -0.39 is 0 Å². The van der Waals surface area contributed by atoms with Crippen LogP contribution in [0.4, 0.5) is 0 Å². The van der Waals surface area contributed by atoms with Gasteiger partial charge in [0.25, 0.3) is 5.91 Å². The van der Waals surface area contributed by atoms with Crippen molar-refractivity contribution in [2.75, 3.05) is 26.9 Å². The highest BCUT2D eigenvalue weighted by molar-refractivity contribution is 8.26. The quantitative estimate of drug-likeness (QED) is 0.289. The minimum atomic E-state index is -0.222. The average molecular weight is 480 g/mol. The molecule has 3 rings (SSSR count). The number of carbonyl (C=O) groups is 1. The molecule has 1 amide bonds. The van der Waals surface area contributed by atoms with Gasteiger partial charge in [-0.2, -0.15) is 0 Å². The lowest BCUT2D eigenvalue weighted by Gasteiger charge is -2.15. The first-order chi connectivity index (χ1) is 15.0. The van der Waals surface area contributed by atoms with Crippen LogP contribution in [-0.4, -0.2) is 37.2 Å².